The van der Waals surface area contributed by atoms with Gasteiger partial charge in [-0.1, -0.05) is 6.07 Å². The highest BCUT2D eigenvalue weighted by Gasteiger charge is 2.33. The van der Waals surface area contributed by atoms with Gasteiger partial charge in [-0.15, -0.1) is 0 Å². The minimum absolute atomic E-state index is 0.0433. The van der Waals surface area contributed by atoms with Crippen LogP contribution in [0.3, 0.4) is 0 Å². The molecule has 0 aliphatic carbocycles. The molecule has 8 nitrogen and oxygen atoms in total. The van der Waals surface area contributed by atoms with Gasteiger partial charge >= 0.3 is 6.03 Å². The Morgan fingerprint density at radius 3 is 2.63 bits per heavy atom. The van der Waals surface area contributed by atoms with Gasteiger partial charge in [-0.2, -0.15) is 0 Å². The number of piperazine rings is 1. The second-order valence-electron chi connectivity index (χ2n) is 8.90. The zero-order valence-electron chi connectivity index (χ0n) is 18.2. The van der Waals surface area contributed by atoms with Crippen molar-refractivity contribution >= 4 is 17.8 Å². The minimum atomic E-state index is -0.985. The van der Waals surface area contributed by atoms with Crippen molar-refractivity contribution in [2.45, 2.75) is 39.2 Å². The number of nitrogens with zero attached hydrogens (tertiary/aromatic N) is 3. The van der Waals surface area contributed by atoms with E-state index < -0.39 is 5.97 Å². The lowest BCUT2D eigenvalue weighted by atomic mass is 9.81. The summed E-state index contributed by atoms with van der Waals surface area (Å²) in [5.41, 5.74) is 0. The van der Waals surface area contributed by atoms with Gasteiger partial charge in [-0.3, -0.25) is 0 Å². The van der Waals surface area contributed by atoms with Crippen LogP contribution in [0, 0.1) is 11.8 Å². The molecule has 0 bridgehead atoms. The van der Waals surface area contributed by atoms with Gasteiger partial charge in [0.1, 0.15) is 5.82 Å². The number of pyridine rings is 1. The maximum atomic E-state index is 12.4. The van der Waals surface area contributed by atoms with E-state index in [1.165, 1.54) is 4.90 Å². The van der Waals surface area contributed by atoms with Gasteiger partial charge in [0.2, 0.25) is 0 Å². The summed E-state index contributed by atoms with van der Waals surface area (Å²) in [6.07, 6.45) is 3.58. The number of carbonyl (C=O) groups excluding carboxylic acids is 2. The molecule has 2 aliphatic heterocycles. The van der Waals surface area contributed by atoms with Crippen LogP contribution in [0.15, 0.2) is 24.4 Å². The monoisotopic (exact) mass is 417 g/mol. The van der Waals surface area contributed by atoms with Gasteiger partial charge in [-0.25, -0.2) is 9.78 Å². The molecule has 8 heteroatoms. The normalized spacial score (nSPS) is 22.9. The third-order valence-corrected chi connectivity index (χ3v) is 6.33. The predicted octanol–water partition coefficient (Wildman–Crippen LogP) is -0.627. The number of carboxylic acids is 1. The van der Waals surface area contributed by atoms with Gasteiger partial charge in [0.15, 0.2) is 0 Å². The van der Waals surface area contributed by atoms with Crippen LogP contribution >= 0.6 is 0 Å². The molecule has 2 amide bonds. The zero-order valence-corrected chi connectivity index (χ0v) is 18.2. The van der Waals surface area contributed by atoms with Gasteiger partial charge in [-0.05, 0) is 50.7 Å². The number of hydrogen-bond acceptors (Lipinski definition) is 5. The number of rotatable bonds is 7. The summed E-state index contributed by atoms with van der Waals surface area (Å²) in [5, 5.41) is 14.2. The highest BCUT2D eigenvalue weighted by atomic mass is 16.4. The minimum Gasteiger partial charge on any atom is -0.550 e. The number of anilines is 1. The Bertz CT molecular complexity index is 691. The molecule has 0 aromatic carbocycles. The molecular weight excluding hydrogens is 382 g/mol. The molecule has 3 rings (SSSR count). The topological polar surface area (TPSA) is 93.0 Å². The molecule has 166 valence electrons. The van der Waals surface area contributed by atoms with Crippen LogP contribution in [0.2, 0.25) is 0 Å². The quantitative estimate of drug-likeness (QED) is 0.616. The maximum absolute atomic E-state index is 12.4. The first-order valence-electron chi connectivity index (χ1n) is 11.2. The summed E-state index contributed by atoms with van der Waals surface area (Å²) < 4.78 is 0. The zero-order chi connectivity index (χ0) is 21.5. The van der Waals surface area contributed by atoms with E-state index in [-0.39, 0.29) is 30.3 Å². The molecule has 2 saturated heterocycles. The van der Waals surface area contributed by atoms with E-state index in [9.17, 15) is 14.7 Å². The van der Waals surface area contributed by atoms with E-state index in [2.05, 4.69) is 15.2 Å². The second kappa shape index (κ2) is 10.6. The Kier molecular flexibility index (Phi) is 7.90. The summed E-state index contributed by atoms with van der Waals surface area (Å²) >= 11 is 0. The lowest BCUT2D eigenvalue weighted by molar-refractivity contribution is -0.901. The molecule has 2 N–H and O–H groups in total. The van der Waals surface area contributed by atoms with Crippen molar-refractivity contribution in [3.63, 3.8) is 0 Å². The fourth-order valence-electron chi connectivity index (χ4n) is 4.65. The Morgan fingerprint density at radius 1 is 1.23 bits per heavy atom. The molecule has 0 spiro atoms. The summed E-state index contributed by atoms with van der Waals surface area (Å²) in [6.45, 7) is 10.2. The number of likely N-dealkylation sites (tertiary alicyclic amines) is 1. The summed E-state index contributed by atoms with van der Waals surface area (Å²) in [4.78, 5) is 33.8. The lowest BCUT2D eigenvalue weighted by Crippen LogP contribution is -3.15. The number of aliphatic carboxylic acids is 1. The third kappa shape index (κ3) is 6.32. The number of amides is 2. The molecule has 0 saturated carbocycles. The lowest BCUT2D eigenvalue weighted by Gasteiger charge is -2.40. The van der Waals surface area contributed by atoms with Crippen molar-refractivity contribution in [1.82, 2.24) is 15.2 Å². The molecule has 2 atom stereocenters. The van der Waals surface area contributed by atoms with Crippen molar-refractivity contribution in [2.24, 2.45) is 11.8 Å². The van der Waals surface area contributed by atoms with Crippen molar-refractivity contribution in [1.29, 1.82) is 0 Å². The van der Waals surface area contributed by atoms with Crippen LogP contribution in [0.1, 0.15) is 33.1 Å². The molecule has 2 aliphatic rings. The number of aromatic nitrogens is 1. The SMILES string of the molecule is CC(C)NC(=O)N1CC[C@@H](CC(=O)[O-])[C@@H](CC[NH+]2CCN(c3ccccn3)CC2)C1. The van der Waals surface area contributed by atoms with Crippen molar-refractivity contribution < 1.29 is 19.6 Å². The Morgan fingerprint density at radius 2 is 2.00 bits per heavy atom. The Balaban J connectivity index is 1.51. The average molecular weight is 418 g/mol. The van der Waals surface area contributed by atoms with Crippen LogP contribution in [0.4, 0.5) is 10.6 Å². The number of quaternary nitrogens is 1. The fraction of sp³-hybridized carbons (Fsp3) is 0.682. The van der Waals surface area contributed by atoms with Gasteiger partial charge in [0.25, 0.3) is 0 Å². The summed E-state index contributed by atoms with van der Waals surface area (Å²) in [5.74, 6) is 0.342. The standard InChI is InChI=1S/C22H35N5O3/c1-17(2)24-22(30)27-10-7-18(15-21(28)29)19(16-27)6-9-25-11-13-26(14-12-25)20-5-3-4-8-23-20/h3-5,8,17-19H,6-7,9-16H2,1-2H3,(H,24,30)(H,28,29)/t18-,19-/m0/s1. The Labute approximate surface area is 179 Å². The number of hydrogen-bond donors (Lipinski definition) is 2. The van der Waals surface area contributed by atoms with E-state index >= 15 is 0 Å². The highest BCUT2D eigenvalue weighted by molar-refractivity contribution is 5.74. The Hall–Kier alpha value is -2.35. The van der Waals surface area contributed by atoms with Crippen LogP contribution in [0.25, 0.3) is 0 Å². The van der Waals surface area contributed by atoms with E-state index in [4.69, 9.17) is 0 Å². The van der Waals surface area contributed by atoms with Crippen LogP contribution in [-0.2, 0) is 4.79 Å². The average Bonchev–Trinajstić information content (AvgIpc) is 2.73. The number of urea groups is 1. The number of carbonyl (C=O) groups is 2. The van der Waals surface area contributed by atoms with E-state index in [1.54, 1.807) is 0 Å². The van der Waals surface area contributed by atoms with Gasteiger partial charge in [0.05, 0.1) is 32.7 Å². The molecular formula is C22H35N5O3. The van der Waals surface area contributed by atoms with Gasteiger partial charge in [0, 0.05) is 37.7 Å². The van der Waals surface area contributed by atoms with Crippen molar-refractivity contribution in [3.8, 4) is 0 Å². The molecule has 2 fully saturated rings. The molecule has 1 aromatic heterocycles. The summed E-state index contributed by atoms with van der Waals surface area (Å²) in [7, 11) is 0. The number of nitrogens with one attached hydrogen (secondary N) is 2. The molecule has 0 unspecified atom stereocenters. The largest absolute Gasteiger partial charge is 0.550 e. The first kappa shape index (κ1) is 22.3. The highest BCUT2D eigenvalue weighted by Crippen LogP contribution is 2.28. The fourth-order valence-corrected chi connectivity index (χ4v) is 4.65. The third-order valence-electron chi connectivity index (χ3n) is 6.33. The summed E-state index contributed by atoms with van der Waals surface area (Å²) in [6, 6.07) is 6.05. The van der Waals surface area contributed by atoms with E-state index in [0.717, 1.165) is 51.4 Å². The van der Waals surface area contributed by atoms with Crippen LogP contribution in [-0.4, -0.2) is 73.7 Å². The van der Waals surface area contributed by atoms with Crippen LogP contribution < -0.4 is 20.2 Å². The molecule has 0 radical (unpaired) electrons. The number of carboxylic acid groups (broad SMARTS) is 1. The number of piperidine rings is 1. The van der Waals surface area contributed by atoms with E-state index in [0.29, 0.717) is 13.1 Å². The van der Waals surface area contributed by atoms with Gasteiger partial charge < -0.3 is 29.9 Å². The van der Waals surface area contributed by atoms with E-state index in [1.807, 2.05) is 43.1 Å². The van der Waals surface area contributed by atoms with Crippen LogP contribution in [0.5, 0.6) is 0 Å². The smallest absolute Gasteiger partial charge is 0.317 e. The molecule has 1 aromatic rings. The maximum Gasteiger partial charge on any atom is 0.317 e. The first-order valence-corrected chi connectivity index (χ1v) is 11.2. The second-order valence-corrected chi connectivity index (χ2v) is 8.90. The first-order chi connectivity index (χ1) is 14.4. The predicted molar refractivity (Wildman–Crippen MR) is 113 cm³/mol. The molecule has 3 heterocycles. The van der Waals surface area contributed by atoms with Crippen molar-refractivity contribution in [2.75, 3.05) is 50.7 Å². The van der Waals surface area contributed by atoms with Crippen molar-refractivity contribution in [3.05, 3.63) is 24.4 Å². The molecule has 30 heavy (non-hydrogen) atoms.